The van der Waals surface area contributed by atoms with Crippen molar-refractivity contribution in [3.8, 4) is 0 Å². The molecule has 50 heavy (non-hydrogen) atoms. The average Bonchev–Trinajstić information content (AvgIpc) is 3.51. The molecule has 0 spiro atoms. The fraction of sp³-hybridized carbons (Fsp3) is 0.600. The van der Waals surface area contributed by atoms with Crippen LogP contribution in [0.15, 0.2) is 54.6 Å². The Morgan fingerprint density at radius 3 is 2.40 bits per heavy atom. The number of imidazole rings is 1. The number of para-hydroxylation sites is 2. The second-order valence-electron chi connectivity index (χ2n) is 15.8. The van der Waals surface area contributed by atoms with Gasteiger partial charge in [-0.3, -0.25) is 19.3 Å². The largest absolute Gasteiger partial charge is 0.392 e. The molecule has 1 saturated carbocycles. The van der Waals surface area contributed by atoms with Crippen molar-refractivity contribution in [3.63, 3.8) is 0 Å². The molecule has 0 bridgehead atoms. The van der Waals surface area contributed by atoms with E-state index in [1.54, 1.807) is 0 Å². The van der Waals surface area contributed by atoms with Crippen molar-refractivity contribution in [1.82, 2.24) is 30.8 Å². The van der Waals surface area contributed by atoms with Crippen LogP contribution < -0.4 is 16.0 Å². The number of carbonyl (C=O) groups excluding carboxylic acids is 3. The number of rotatable bonds is 14. The second kappa shape index (κ2) is 17.0. The zero-order valence-corrected chi connectivity index (χ0v) is 30.6. The van der Waals surface area contributed by atoms with Gasteiger partial charge in [-0.05, 0) is 81.9 Å². The minimum absolute atomic E-state index is 0.0114. The molecule has 1 saturated heterocycles. The van der Waals surface area contributed by atoms with Crippen LogP contribution >= 0.6 is 0 Å². The molecule has 7 atom stereocenters. The number of hydrogen-bond acceptors (Lipinski definition) is 6. The topological polar surface area (TPSA) is 139 Å². The highest BCUT2D eigenvalue weighted by Crippen LogP contribution is 2.39. The Morgan fingerprint density at radius 2 is 1.70 bits per heavy atom. The van der Waals surface area contributed by atoms with Crippen LogP contribution in [0, 0.1) is 23.7 Å². The number of benzene rings is 2. The number of hydrogen-bond donors (Lipinski definition) is 5. The van der Waals surface area contributed by atoms with E-state index >= 15 is 0 Å². The summed E-state index contributed by atoms with van der Waals surface area (Å²) in [5.74, 6) is 0.489. The normalized spacial score (nSPS) is 22.2. The zero-order valence-electron chi connectivity index (χ0n) is 30.6. The van der Waals surface area contributed by atoms with Crippen molar-refractivity contribution in [3.05, 3.63) is 66.0 Å². The highest BCUT2D eigenvalue weighted by atomic mass is 16.3. The molecule has 10 nitrogen and oxygen atoms in total. The summed E-state index contributed by atoms with van der Waals surface area (Å²) in [4.78, 5) is 51.3. The number of fused-ring (bicyclic) bond motifs is 2. The summed E-state index contributed by atoms with van der Waals surface area (Å²) in [6.07, 6.45) is 6.04. The number of amides is 3. The van der Waals surface area contributed by atoms with Crippen molar-refractivity contribution >= 4 is 28.8 Å². The molecule has 3 amide bonds. The Morgan fingerprint density at radius 1 is 1.00 bits per heavy atom. The van der Waals surface area contributed by atoms with Crippen molar-refractivity contribution in [2.75, 3.05) is 13.1 Å². The van der Waals surface area contributed by atoms with Crippen molar-refractivity contribution in [2.45, 2.75) is 116 Å². The van der Waals surface area contributed by atoms with E-state index in [4.69, 9.17) is 0 Å². The van der Waals surface area contributed by atoms with Gasteiger partial charge >= 0.3 is 0 Å². The van der Waals surface area contributed by atoms with Crippen molar-refractivity contribution < 1.29 is 19.5 Å². The van der Waals surface area contributed by atoms with Crippen LogP contribution in [0.25, 0.3) is 11.0 Å². The molecule has 2 heterocycles. The molecule has 5 rings (SSSR count). The third-order valence-electron chi connectivity index (χ3n) is 10.7. The molecule has 272 valence electrons. The minimum Gasteiger partial charge on any atom is -0.392 e. The number of aliphatic hydroxyl groups excluding tert-OH is 1. The van der Waals surface area contributed by atoms with E-state index in [2.05, 4.69) is 30.8 Å². The average molecular weight is 687 g/mol. The summed E-state index contributed by atoms with van der Waals surface area (Å²) in [7, 11) is 0. The zero-order chi connectivity index (χ0) is 35.8. The van der Waals surface area contributed by atoms with E-state index in [0.717, 1.165) is 42.4 Å². The van der Waals surface area contributed by atoms with E-state index in [0.29, 0.717) is 37.0 Å². The molecule has 2 fully saturated rings. The third-order valence-corrected chi connectivity index (χ3v) is 10.7. The van der Waals surface area contributed by atoms with Gasteiger partial charge in [0.1, 0.15) is 11.9 Å². The first-order valence-corrected chi connectivity index (χ1v) is 18.7. The van der Waals surface area contributed by atoms with E-state index in [9.17, 15) is 19.5 Å². The lowest BCUT2D eigenvalue weighted by Crippen LogP contribution is -2.58. The first-order chi connectivity index (χ1) is 23.9. The third kappa shape index (κ3) is 10.2. The monoisotopic (exact) mass is 686 g/mol. The van der Waals surface area contributed by atoms with Crippen LogP contribution in [0.2, 0.25) is 0 Å². The van der Waals surface area contributed by atoms with Gasteiger partial charge in [-0.15, -0.1) is 0 Å². The molecule has 0 unspecified atom stereocenters. The number of β-amino-alcohol motifs (C(OH)–C–C–N with tert-alkyl or cyclic N) is 1. The standard InChI is InChI=1S/C40H58N6O4/c1-6-26(2)36(39(50)41-23-35-42-32-18-12-13-19-33(32)43-35)44-37(48)30(20-27-14-8-7-9-15-27)21-31(47)25-46-24-29-17-11-10-16-28(29)22-34(46)38(49)45-40(3,4)5/h7-9,12-15,18-19,26,28-31,34,36,47H,6,10-11,16-17,20-25H2,1-5H3,(H,41,50)(H,42,43)(H,44,48)(H,45,49)/t26-,28-,29+,30+,31+,34-,36-/m0/s1. The maximum absolute atomic E-state index is 14.1. The Hall–Kier alpha value is -3.76. The summed E-state index contributed by atoms with van der Waals surface area (Å²) in [6.45, 7) is 11.3. The highest BCUT2D eigenvalue weighted by molar-refractivity contribution is 5.89. The van der Waals surface area contributed by atoms with Crippen LogP contribution in [0.1, 0.15) is 91.0 Å². The lowest BCUT2D eigenvalue weighted by Gasteiger charge is -2.46. The molecule has 1 aliphatic heterocycles. The van der Waals surface area contributed by atoms with Gasteiger partial charge in [-0.25, -0.2) is 4.98 Å². The molecule has 1 aromatic heterocycles. The van der Waals surface area contributed by atoms with Gasteiger partial charge in [0.05, 0.1) is 29.7 Å². The molecule has 3 aromatic rings. The smallest absolute Gasteiger partial charge is 0.243 e. The number of aromatic amines is 1. The summed E-state index contributed by atoms with van der Waals surface area (Å²) in [6, 6.07) is 16.5. The van der Waals surface area contributed by atoms with E-state index in [1.807, 2.05) is 89.2 Å². The Kier molecular flexibility index (Phi) is 12.7. The van der Waals surface area contributed by atoms with Gasteiger partial charge < -0.3 is 26.0 Å². The number of H-pyrrole nitrogens is 1. The maximum Gasteiger partial charge on any atom is 0.243 e. The SMILES string of the molecule is CC[C@H](C)[C@H](NC(=O)[C@H](Cc1ccccc1)C[C@@H](O)CN1C[C@H]2CCCC[C@H]2C[C@H]1C(=O)NC(C)(C)C)C(=O)NCc1nc2ccccc2[nH]1. The molecular formula is C40H58N6O4. The number of carbonyl (C=O) groups is 3. The molecule has 2 aromatic carbocycles. The van der Waals surface area contributed by atoms with Gasteiger partial charge in [0.2, 0.25) is 17.7 Å². The first-order valence-electron chi connectivity index (χ1n) is 18.7. The number of likely N-dealkylation sites (tertiary alicyclic amines) is 1. The van der Waals surface area contributed by atoms with Gasteiger partial charge in [-0.1, -0.05) is 82.0 Å². The van der Waals surface area contributed by atoms with Crippen LogP contribution in [0.3, 0.4) is 0 Å². The van der Waals surface area contributed by atoms with Gasteiger partial charge in [0, 0.05) is 24.5 Å². The predicted molar refractivity (Wildman–Crippen MR) is 197 cm³/mol. The number of nitrogens with one attached hydrogen (secondary N) is 4. The Bertz CT molecular complexity index is 1540. The van der Waals surface area contributed by atoms with E-state index in [1.165, 1.54) is 12.8 Å². The number of nitrogens with zero attached hydrogens (tertiary/aromatic N) is 2. The number of aromatic nitrogens is 2. The molecular weight excluding hydrogens is 628 g/mol. The summed E-state index contributed by atoms with van der Waals surface area (Å²) >= 11 is 0. The van der Waals surface area contributed by atoms with Crippen molar-refractivity contribution in [2.24, 2.45) is 23.7 Å². The lowest BCUT2D eigenvalue weighted by atomic mass is 9.72. The van der Waals surface area contributed by atoms with Crippen molar-refractivity contribution in [1.29, 1.82) is 0 Å². The quantitative estimate of drug-likeness (QED) is 0.160. The molecule has 5 N–H and O–H groups in total. The van der Waals surface area contributed by atoms with E-state index in [-0.39, 0.29) is 48.2 Å². The lowest BCUT2D eigenvalue weighted by molar-refractivity contribution is -0.134. The van der Waals surface area contributed by atoms with Crippen LogP contribution in [0.5, 0.6) is 0 Å². The van der Waals surface area contributed by atoms with Gasteiger partial charge in [0.15, 0.2) is 0 Å². The fourth-order valence-corrected chi connectivity index (χ4v) is 7.83. The highest BCUT2D eigenvalue weighted by Gasteiger charge is 2.41. The summed E-state index contributed by atoms with van der Waals surface area (Å²) in [5, 5.41) is 20.9. The van der Waals surface area contributed by atoms with Gasteiger partial charge in [-0.2, -0.15) is 0 Å². The van der Waals surface area contributed by atoms with Crippen LogP contribution in [0.4, 0.5) is 0 Å². The van der Waals surface area contributed by atoms with Crippen LogP contribution in [-0.2, 0) is 27.3 Å². The summed E-state index contributed by atoms with van der Waals surface area (Å²) in [5.41, 5.74) is 2.36. The van der Waals surface area contributed by atoms with E-state index < -0.39 is 18.1 Å². The summed E-state index contributed by atoms with van der Waals surface area (Å²) < 4.78 is 0. The minimum atomic E-state index is -0.830. The second-order valence-corrected chi connectivity index (χ2v) is 15.8. The number of aliphatic hydroxyl groups is 1. The molecule has 2 aliphatic rings. The molecule has 1 aliphatic carbocycles. The predicted octanol–water partition coefficient (Wildman–Crippen LogP) is 5.12. The van der Waals surface area contributed by atoms with Gasteiger partial charge in [0.25, 0.3) is 0 Å². The maximum atomic E-state index is 14.1. The Labute approximate surface area is 297 Å². The molecule has 10 heteroatoms. The fourth-order valence-electron chi connectivity index (χ4n) is 7.83. The van der Waals surface area contributed by atoms with Crippen LogP contribution in [-0.4, -0.2) is 74.5 Å². The molecule has 0 radical (unpaired) electrons. The first kappa shape index (κ1) is 37.5. The number of piperidine rings is 1. The Balaban J connectivity index is 1.28.